The number of nitrogens with one attached hydrogen (secondary N) is 1. The van der Waals surface area contributed by atoms with Crippen LogP contribution >= 0.6 is 0 Å². The molecule has 3 rings (SSSR count). The van der Waals surface area contributed by atoms with E-state index in [4.69, 9.17) is 0 Å². The van der Waals surface area contributed by atoms with Crippen LogP contribution in [0.2, 0.25) is 0 Å². The molecule has 0 atom stereocenters. The van der Waals surface area contributed by atoms with Crippen molar-refractivity contribution in [1.82, 2.24) is 9.55 Å². The monoisotopic (exact) mass is 344 g/mol. The minimum Gasteiger partial charge on any atom is -0.306 e. The first kappa shape index (κ1) is 16.8. The molecule has 4 nitrogen and oxygen atoms in total. The van der Waals surface area contributed by atoms with E-state index in [1.165, 1.54) is 12.1 Å². The van der Waals surface area contributed by atoms with Gasteiger partial charge in [-0.05, 0) is 42.8 Å². The van der Waals surface area contributed by atoms with Crippen molar-refractivity contribution in [2.24, 2.45) is 5.10 Å². The van der Waals surface area contributed by atoms with Crippen molar-refractivity contribution in [2.45, 2.75) is 13.1 Å². The van der Waals surface area contributed by atoms with Crippen molar-refractivity contribution in [2.75, 3.05) is 5.43 Å². The number of hydrogen-bond donors (Lipinski definition) is 1. The second kappa shape index (κ2) is 6.80. The van der Waals surface area contributed by atoms with Gasteiger partial charge in [-0.1, -0.05) is 18.2 Å². The standard InChI is InChI=1S/C18H15F3N4/c1-13(14-5-7-17(8-6-14)25-10-9-22-12-25)23-24-16-4-2-3-15(11-16)18(19,20)21/h2-12,24H,1H3/b23-13+. The molecule has 1 heterocycles. The van der Waals surface area contributed by atoms with E-state index < -0.39 is 11.7 Å². The molecule has 0 aliphatic heterocycles. The molecular formula is C18H15F3N4. The lowest BCUT2D eigenvalue weighted by molar-refractivity contribution is -0.137. The van der Waals surface area contributed by atoms with E-state index >= 15 is 0 Å². The van der Waals surface area contributed by atoms with Gasteiger partial charge in [0.15, 0.2) is 0 Å². The summed E-state index contributed by atoms with van der Waals surface area (Å²) in [7, 11) is 0. The molecular weight excluding hydrogens is 329 g/mol. The maximum Gasteiger partial charge on any atom is 0.416 e. The van der Waals surface area contributed by atoms with Crippen LogP contribution in [0, 0.1) is 0 Å². The number of halogens is 3. The summed E-state index contributed by atoms with van der Waals surface area (Å²) in [6.45, 7) is 1.78. The van der Waals surface area contributed by atoms with Gasteiger partial charge in [0.1, 0.15) is 0 Å². The van der Waals surface area contributed by atoms with Crippen molar-refractivity contribution >= 4 is 11.4 Å². The number of hydrogen-bond acceptors (Lipinski definition) is 3. The molecule has 0 saturated carbocycles. The summed E-state index contributed by atoms with van der Waals surface area (Å²) in [4.78, 5) is 3.99. The Balaban J connectivity index is 1.74. The number of benzene rings is 2. The van der Waals surface area contributed by atoms with Crippen LogP contribution in [0.25, 0.3) is 5.69 Å². The number of alkyl halides is 3. The molecule has 0 aliphatic carbocycles. The summed E-state index contributed by atoms with van der Waals surface area (Å²) in [5.74, 6) is 0. The maximum absolute atomic E-state index is 12.7. The minimum absolute atomic E-state index is 0.282. The molecule has 3 aromatic rings. The van der Waals surface area contributed by atoms with Gasteiger partial charge in [-0.15, -0.1) is 0 Å². The Hall–Kier alpha value is -3.09. The molecule has 0 fully saturated rings. The smallest absolute Gasteiger partial charge is 0.306 e. The Morgan fingerprint density at radius 1 is 1.12 bits per heavy atom. The lowest BCUT2D eigenvalue weighted by Crippen LogP contribution is -2.05. The largest absolute Gasteiger partial charge is 0.416 e. The van der Waals surface area contributed by atoms with E-state index in [-0.39, 0.29) is 5.69 Å². The molecule has 0 bridgehead atoms. The molecule has 25 heavy (non-hydrogen) atoms. The maximum atomic E-state index is 12.7. The van der Waals surface area contributed by atoms with Gasteiger partial charge in [0, 0.05) is 18.1 Å². The molecule has 0 unspecified atom stereocenters. The van der Waals surface area contributed by atoms with Crippen molar-refractivity contribution in [3.05, 3.63) is 78.4 Å². The van der Waals surface area contributed by atoms with Crippen LogP contribution < -0.4 is 5.43 Å². The fraction of sp³-hybridized carbons (Fsp3) is 0.111. The molecule has 0 amide bonds. The zero-order valence-corrected chi connectivity index (χ0v) is 13.3. The highest BCUT2D eigenvalue weighted by atomic mass is 19.4. The predicted octanol–water partition coefficient (Wildman–Crippen LogP) is 4.73. The zero-order valence-electron chi connectivity index (χ0n) is 13.3. The molecule has 0 spiro atoms. The molecule has 0 aliphatic rings. The number of nitrogens with zero attached hydrogens (tertiary/aromatic N) is 3. The van der Waals surface area contributed by atoms with Crippen molar-refractivity contribution in [3.8, 4) is 5.69 Å². The topological polar surface area (TPSA) is 42.2 Å². The average Bonchev–Trinajstić information content (AvgIpc) is 3.14. The molecule has 7 heteroatoms. The lowest BCUT2D eigenvalue weighted by atomic mass is 10.1. The number of hydrazone groups is 1. The first-order valence-electron chi connectivity index (χ1n) is 7.50. The normalized spacial score (nSPS) is 12.2. The highest BCUT2D eigenvalue weighted by Crippen LogP contribution is 2.30. The highest BCUT2D eigenvalue weighted by Gasteiger charge is 2.30. The summed E-state index contributed by atoms with van der Waals surface area (Å²) < 4.78 is 40.0. The van der Waals surface area contributed by atoms with Gasteiger partial charge in [-0.3, -0.25) is 5.43 Å². The van der Waals surface area contributed by atoms with E-state index in [2.05, 4.69) is 15.5 Å². The average molecular weight is 344 g/mol. The van der Waals surface area contributed by atoms with Crippen LogP contribution in [0.5, 0.6) is 0 Å². The third-order valence-corrected chi connectivity index (χ3v) is 3.63. The Kier molecular flexibility index (Phi) is 4.56. The second-order valence-corrected chi connectivity index (χ2v) is 5.40. The summed E-state index contributed by atoms with van der Waals surface area (Å²) in [6, 6.07) is 12.5. The van der Waals surface area contributed by atoms with Gasteiger partial charge in [-0.25, -0.2) is 4.98 Å². The van der Waals surface area contributed by atoms with E-state index in [0.717, 1.165) is 23.4 Å². The minimum atomic E-state index is -4.38. The van der Waals surface area contributed by atoms with Gasteiger partial charge >= 0.3 is 6.18 Å². The number of imidazole rings is 1. The van der Waals surface area contributed by atoms with Crippen LogP contribution in [0.15, 0.2) is 72.4 Å². The van der Waals surface area contributed by atoms with Crippen LogP contribution in [0.4, 0.5) is 18.9 Å². The van der Waals surface area contributed by atoms with Crippen LogP contribution in [0.1, 0.15) is 18.1 Å². The fourth-order valence-electron chi connectivity index (χ4n) is 2.26. The number of anilines is 1. The van der Waals surface area contributed by atoms with Gasteiger partial charge < -0.3 is 4.57 Å². The molecule has 1 aromatic heterocycles. The van der Waals surface area contributed by atoms with Crippen LogP contribution in [-0.4, -0.2) is 15.3 Å². The highest BCUT2D eigenvalue weighted by molar-refractivity contribution is 5.99. The predicted molar refractivity (Wildman–Crippen MR) is 90.8 cm³/mol. The van der Waals surface area contributed by atoms with Gasteiger partial charge in [0.05, 0.1) is 23.3 Å². The molecule has 2 aromatic carbocycles. The van der Waals surface area contributed by atoms with Crippen molar-refractivity contribution in [1.29, 1.82) is 0 Å². The van der Waals surface area contributed by atoms with E-state index in [0.29, 0.717) is 5.71 Å². The molecule has 128 valence electrons. The second-order valence-electron chi connectivity index (χ2n) is 5.40. The Morgan fingerprint density at radius 2 is 1.88 bits per heavy atom. The summed E-state index contributed by atoms with van der Waals surface area (Å²) in [6.07, 6.45) is 0.857. The molecule has 0 radical (unpaired) electrons. The van der Waals surface area contributed by atoms with Gasteiger partial charge in [-0.2, -0.15) is 18.3 Å². The quantitative estimate of drug-likeness (QED) is 0.549. The number of aromatic nitrogens is 2. The number of rotatable bonds is 4. The summed E-state index contributed by atoms with van der Waals surface area (Å²) in [5.41, 5.74) is 4.72. The van der Waals surface area contributed by atoms with Gasteiger partial charge in [0.25, 0.3) is 0 Å². The Morgan fingerprint density at radius 3 is 2.52 bits per heavy atom. The van der Waals surface area contributed by atoms with Crippen molar-refractivity contribution in [3.63, 3.8) is 0 Å². The van der Waals surface area contributed by atoms with Gasteiger partial charge in [0.2, 0.25) is 0 Å². The van der Waals surface area contributed by atoms with Crippen molar-refractivity contribution < 1.29 is 13.2 Å². The third-order valence-electron chi connectivity index (χ3n) is 3.63. The molecule has 1 N–H and O–H groups in total. The first-order valence-corrected chi connectivity index (χ1v) is 7.50. The third kappa shape index (κ3) is 4.06. The zero-order chi connectivity index (χ0) is 17.9. The lowest BCUT2D eigenvalue weighted by Gasteiger charge is -2.09. The Labute approximate surface area is 142 Å². The fourth-order valence-corrected chi connectivity index (χ4v) is 2.26. The van der Waals surface area contributed by atoms with E-state index in [1.54, 1.807) is 19.4 Å². The Bertz CT molecular complexity index is 866. The SMILES string of the molecule is C/C(=N\Nc1cccc(C(F)(F)F)c1)c1ccc(-n2ccnc2)cc1. The van der Waals surface area contributed by atoms with E-state index in [1.807, 2.05) is 35.0 Å². The van der Waals surface area contributed by atoms with Crippen LogP contribution in [-0.2, 0) is 6.18 Å². The van der Waals surface area contributed by atoms with Crippen LogP contribution in [0.3, 0.4) is 0 Å². The summed E-state index contributed by atoms with van der Waals surface area (Å²) >= 11 is 0. The first-order chi connectivity index (χ1) is 11.9. The summed E-state index contributed by atoms with van der Waals surface area (Å²) in [5, 5.41) is 4.16. The van der Waals surface area contributed by atoms with E-state index in [9.17, 15) is 13.2 Å². The molecule has 0 saturated heterocycles.